The summed E-state index contributed by atoms with van der Waals surface area (Å²) in [7, 11) is -4.75. The monoisotopic (exact) mass is 1040 g/mol. The molecule has 72 heavy (non-hydrogen) atoms. The molecule has 0 aliphatic carbocycles. The van der Waals surface area contributed by atoms with E-state index in [1.165, 1.54) is 109 Å². The summed E-state index contributed by atoms with van der Waals surface area (Å²) >= 11 is 0. The Balaban J connectivity index is 4.73. The number of hydrogen-bond donors (Lipinski definition) is 2. The first-order chi connectivity index (χ1) is 35.2. The van der Waals surface area contributed by atoms with Gasteiger partial charge in [0.2, 0.25) is 0 Å². The molecule has 0 saturated carbocycles. The Hall–Kier alpha value is -2.56. The summed E-state index contributed by atoms with van der Waals surface area (Å²) in [6.07, 6.45) is 57.8. The van der Waals surface area contributed by atoms with Crippen molar-refractivity contribution in [3.63, 3.8) is 0 Å². The molecule has 0 aliphatic rings. The Morgan fingerprint density at radius 3 is 1.12 bits per heavy atom. The zero-order chi connectivity index (χ0) is 52.7. The van der Waals surface area contributed by atoms with E-state index in [9.17, 15) is 28.9 Å². The molecule has 420 valence electrons. The molecule has 0 aromatic carbocycles. The van der Waals surface area contributed by atoms with E-state index in [0.29, 0.717) is 19.3 Å². The van der Waals surface area contributed by atoms with Crippen LogP contribution in [0.15, 0.2) is 48.6 Å². The number of ether oxygens (including phenoxy) is 3. The number of allylic oxidation sites excluding steroid dienone is 8. The summed E-state index contributed by atoms with van der Waals surface area (Å²) in [6, 6.07) is 0. The van der Waals surface area contributed by atoms with Crippen LogP contribution in [-0.4, -0.2) is 66.5 Å². The van der Waals surface area contributed by atoms with Gasteiger partial charge in [0.15, 0.2) is 6.10 Å². The fourth-order valence-electron chi connectivity index (χ4n) is 8.17. The van der Waals surface area contributed by atoms with E-state index in [4.69, 9.17) is 23.3 Å². The van der Waals surface area contributed by atoms with Gasteiger partial charge in [-0.25, -0.2) is 4.57 Å². The maximum atomic E-state index is 12.9. The van der Waals surface area contributed by atoms with Gasteiger partial charge in [0, 0.05) is 19.3 Å². The van der Waals surface area contributed by atoms with Crippen LogP contribution in [0.2, 0.25) is 0 Å². The van der Waals surface area contributed by atoms with Crippen molar-refractivity contribution in [3.05, 3.63) is 48.6 Å². The van der Waals surface area contributed by atoms with Gasteiger partial charge >= 0.3 is 25.7 Å². The van der Waals surface area contributed by atoms with Crippen molar-refractivity contribution in [2.24, 2.45) is 0 Å². The fraction of sp³-hybridized carbons (Fsp3) is 0.817. The molecule has 0 saturated heterocycles. The predicted octanol–water partition coefficient (Wildman–Crippen LogP) is 17.4. The zero-order valence-electron chi connectivity index (χ0n) is 46.4. The second-order valence-corrected chi connectivity index (χ2v) is 21.3. The minimum atomic E-state index is -4.75. The van der Waals surface area contributed by atoms with Crippen molar-refractivity contribution in [2.75, 3.05) is 26.4 Å². The molecule has 11 nitrogen and oxygen atoms in total. The minimum Gasteiger partial charge on any atom is -0.462 e. The van der Waals surface area contributed by atoms with Gasteiger partial charge in [0.1, 0.15) is 12.7 Å². The number of aliphatic hydroxyl groups is 1. The van der Waals surface area contributed by atoms with Crippen LogP contribution in [-0.2, 0) is 42.2 Å². The molecule has 3 atom stereocenters. The van der Waals surface area contributed by atoms with Gasteiger partial charge < -0.3 is 24.2 Å². The van der Waals surface area contributed by atoms with Crippen molar-refractivity contribution in [1.29, 1.82) is 0 Å². The van der Waals surface area contributed by atoms with Gasteiger partial charge in [-0.15, -0.1) is 0 Å². The van der Waals surface area contributed by atoms with Gasteiger partial charge in [0.25, 0.3) is 0 Å². The Kier molecular flexibility index (Phi) is 52.7. The van der Waals surface area contributed by atoms with E-state index in [2.05, 4.69) is 69.4 Å². The summed E-state index contributed by atoms with van der Waals surface area (Å²) in [6.45, 7) is 4.58. The maximum absolute atomic E-state index is 12.9. The molecule has 0 heterocycles. The van der Waals surface area contributed by atoms with Crippen molar-refractivity contribution in [3.8, 4) is 0 Å². The second kappa shape index (κ2) is 54.7. The summed E-state index contributed by atoms with van der Waals surface area (Å²) in [5, 5.41) is 9.79. The number of carbonyl (C=O) groups is 3. The van der Waals surface area contributed by atoms with Crippen molar-refractivity contribution < 1.29 is 52.2 Å². The van der Waals surface area contributed by atoms with Crippen LogP contribution in [0.25, 0.3) is 0 Å². The normalized spacial score (nSPS) is 13.7. The average molecular weight is 1040 g/mol. The van der Waals surface area contributed by atoms with E-state index in [-0.39, 0.29) is 25.9 Å². The molecule has 0 bridgehead atoms. The van der Waals surface area contributed by atoms with Crippen LogP contribution in [0.1, 0.15) is 278 Å². The minimum absolute atomic E-state index is 0.155. The molecule has 2 N–H and O–H groups in total. The third-order valence-corrected chi connectivity index (χ3v) is 13.7. The van der Waals surface area contributed by atoms with E-state index < -0.39 is 57.8 Å². The third-order valence-electron chi connectivity index (χ3n) is 12.7. The van der Waals surface area contributed by atoms with Gasteiger partial charge in [0.05, 0.1) is 19.8 Å². The van der Waals surface area contributed by atoms with E-state index in [0.717, 1.165) is 109 Å². The fourth-order valence-corrected chi connectivity index (χ4v) is 8.95. The smallest absolute Gasteiger partial charge is 0.462 e. The van der Waals surface area contributed by atoms with Crippen molar-refractivity contribution >= 4 is 25.7 Å². The van der Waals surface area contributed by atoms with E-state index in [1.54, 1.807) is 0 Å². The number of phosphoric acid groups is 1. The largest absolute Gasteiger partial charge is 0.472 e. The van der Waals surface area contributed by atoms with Gasteiger partial charge in [-0.2, -0.15) is 0 Å². The first kappa shape index (κ1) is 69.4. The van der Waals surface area contributed by atoms with E-state index in [1.807, 2.05) is 0 Å². The molecule has 0 amide bonds. The molecule has 0 radical (unpaired) electrons. The highest BCUT2D eigenvalue weighted by molar-refractivity contribution is 7.47. The summed E-state index contributed by atoms with van der Waals surface area (Å²) in [5.74, 6) is -1.47. The molecule has 12 heteroatoms. The van der Waals surface area contributed by atoms with E-state index >= 15 is 0 Å². The Labute approximate surface area is 441 Å². The average Bonchev–Trinajstić information content (AvgIpc) is 3.37. The van der Waals surface area contributed by atoms with Gasteiger partial charge in [-0.1, -0.05) is 230 Å². The predicted molar refractivity (Wildman–Crippen MR) is 298 cm³/mol. The number of esters is 3. The van der Waals surface area contributed by atoms with Crippen LogP contribution < -0.4 is 0 Å². The molecule has 0 fully saturated rings. The van der Waals surface area contributed by atoms with Crippen LogP contribution >= 0.6 is 7.82 Å². The molecule has 3 unspecified atom stereocenters. The lowest BCUT2D eigenvalue weighted by Gasteiger charge is -2.21. The molecule has 0 aromatic rings. The molecular weight excluding hydrogens is 928 g/mol. The lowest BCUT2D eigenvalue weighted by molar-refractivity contribution is -0.161. The van der Waals surface area contributed by atoms with Crippen molar-refractivity contribution in [1.82, 2.24) is 0 Å². The SMILES string of the molecule is CCCC/C=C\CCCCCCCC(=O)OC(CO)COP(=O)(O)OCC(COC(=O)CCCCCCCCCCCCCCCCC)OC(=O)CCCCCCCC/C=C\C/C=C\C/C=C\CCCCC. The number of phosphoric ester groups is 1. The highest BCUT2D eigenvalue weighted by Gasteiger charge is 2.28. The first-order valence-corrected chi connectivity index (χ1v) is 31.0. The number of rotatable bonds is 55. The highest BCUT2D eigenvalue weighted by atomic mass is 31.2. The number of hydrogen-bond acceptors (Lipinski definition) is 10. The Morgan fingerprint density at radius 2 is 0.694 bits per heavy atom. The molecule has 0 rings (SSSR count). The number of aliphatic hydroxyl groups excluding tert-OH is 1. The first-order valence-electron chi connectivity index (χ1n) is 29.5. The standard InChI is InChI=1S/C60H109O11P/c1-4-7-10-13-16-19-22-24-26-27-28-29-31-33-36-39-42-45-48-51-60(64)71-57(53-67-58(62)49-46-43-40-37-35-32-30-25-23-20-17-14-11-8-5-2)55-69-72(65,66)68-54-56(52-61)70-59(63)50-47-44-41-38-34-21-18-15-12-9-6-3/h15-16,18-19,24,26,28-29,56-57,61H,4-14,17,20-23,25,27,30-55H2,1-3H3,(H,65,66)/b18-15-,19-16-,26-24-,29-28-. The van der Waals surface area contributed by atoms with Crippen LogP contribution in [0.4, 0.5) is 0 Å². The lowest BCUT2D eigenvalue weighted by Crippen LogP contribution is -2.30. The van der Waals surface area contributed by atoms with Gasteiger partial charge in [-0.3, -0.25) is 23.4 Å². The molecule has 0 aromatic heterocycles. The molecular formula is C60H109O11P. The number of unbranched alkanes of at least 4 members (excludes halogenated alkanes) is 30. The topological polar surface area (TPSA) is 155 Å². The number of carbonyl (C=O) groups excluding carboxylic acids is 3. The third kappa shape index (κ3) is 52.3. The summed E-state index contributed by atoms with van der Waals surface area (Å²) < 4.78 is 39.5. The van der Waals surface area contributed by atoms with Crippen LogP contribution in [0.5, 0.6) is 0 Å². The zero-order valence-corrected chi connectivity index (χ0v) is 47.3. The van der Waals surface area contributed by atoms with Crippen molar-refractivity contribution in [2.45, 2.75) is 290 Å². The molecule has 0 spiro atoms. The summed E-state index contributed by atoms with van der Waals surface area (Å²) in [4.78, 5) is 48.5. The van der Waals surface area contributed by atoms with Crippen LogP contribution in [0.3, 0.4) is 0 Å². The Morgan fingerprint density at radius 1 is 0.389 bits per heavy atom. The second-order valence-electron chi connectivity index (χ2n) is 19.8. The maximum Gasteiger partial charge on any atom is 0.472 e. The quantitative estimate of drug-likeness (QED) is 0.0197. The Bertz CT molecular complexity index is 1400. The molecule has 0 aliphatic heterocycles. The lowest BCUT2D eigenvalue weighted by atomic mass is 10.0. The highest BCUT2D eigenvalue weighted by Crippen LogP contribution is 2.43. The summed E-state index contributed by atoms with van der Waals surface area (Å²) in [5.41, 5.74) is 0. The van der Waals surface area contributed by atoms with Crippen LogP contribution in [0, 0.1) is 0 Å². The van der Waals surface area contributed by atoms with Gasteiger partial charge in [-0.05, 0) is 77.0 Å².